The predicted octanol–water partition coefficient (Wildman–Crippen LogP) is 2.73. The van der Waals surface area contributed by atoms with Crippen LogP contribution < -0.4 is 0 Å². The van der Waals surface area contributed by atoms with E-state index in [1.807, 2.05) is 50.2 Å². The number of hydrogen-bond donors (Lipinski definition) is 1. The molecule has 0 saturated carbocycles. The Kier molecular flexibility index (Phi) is 4.90. The summed E-state index contributed by atoms with van der Waals surface area (Å²) in [5.41, 5.74) is 5.70. The van der Waals surface area contributed by atoms with Gasteiger partial charge in [-0.05, 0) is 49.9 Å². The Labute approximate surface area is 168 Å². The summed E-state index contributed by atoms with van der Waals surface area (Å²) in [7, 11) is 1.85. The van der Waals surface area contributed by atoms with E-state index in [-0.39, 0.29) is 24.8 Å². The molecule has 1 N–H and O–H groups in total. The number of carboxylic acid groups (broad SMARTS) is 1. The third-order valence-electron chi connectivity index (χ3n) is 6.11. The summed E-state index contributed by atoms with van der Waals surface area (Å²) in [5, 5.41) is 13.3. The SMILES string of the molecule is Cc1noc(C)c1CC(=O)N(C)[C@@H]1CCc2c(CC(=O)O)c3ccccn3c2C1. The molecule has 0 spiro atoms. The normalized spacial score (nSPS) is 16.0. The number of pyridine rings is 1. The van der Waals surface area contributed by atoms with Crippen molar-refractivity contribution >= 4 is 17.4 Å². The van der Waals surface area contributed by atoms with Crippen molar-refractivity contribution in [3.8, 4) is 0 Å². The minimum absolute atomic E-state index is 0.0221. The number of fused-ring (bicyclic) bond motifs is 3. The van der Waals surface area contributed by atoms with Crippen molar-refractivity contribution < 1.29 is 19.2 Å². The Balaban J connectivity index is 1.60. The minimum atomic E-state index is -0.821. The van der Waals surface area contributed by atoms with Gasteiger partial charge in [-0.1, -0.05) is 11.2 Å². The molecule has 3 heterocycles. The maximum Gasteiger partial charge on any atom is 0.307 e. The summed E-state index contributed by atoms with van der Waals surface area (Å²) in [5.74, 6) is -0.0939. The molecule has 0 fully saturated rings. The maximum atomic E-state index is 12.9. The zero-order valence-electron chi connectivity index (χ0n) is 16.9. The van der Waals surface area contributed by atoms with Crippen LogP contribution in [0.3, 0.4) is 0 Å². The second kappa shape index (κ2) is 7.39. The van der Waals surface area contributed by atoms with Crippen LogP contribution in [0.1, 0.15) is 40.3 Å². The van der Waals surface area contributed by atoms with Gasteiger partial charge in [0.05, 0.1) is 18.5 Å². The van der Waals surface area contributed by atoms with Gasteiger partial charge in [-0.3, -0.25) is 9.59 Å². The number of aliphatic carboxylic acids is 1. The van der Waals surface area contributed by atoms with E-state index in [2.05, 4.69) is 9.56 Å². The van der Waals surface area contributed by atoms with Gasteiger partial charge in [0.25, 0.3) is 0 Å². The van der Waals surface area contributed by atoms with E-state index in [9.17, 15) is 14.7 Å². The van der Waals surface area contributed by atoms with Crippen molar-refractivity contribution in [2.45, 2.75) is 52.0 Å². The van der Waals surface area contributed by atoms with E-state index in [0.29, 0.717) is 12.2 Å². The van der Waals surface area contributed by atoms with E-state index < -0.39 is 5.97 Å². The van der Waals surface area contributed by atoms with Crippen molar-refractivity contribution in [1.82, 2.24) is 14.5 Å². The molecule has 0 bridgehead atoms. The summed E-state index contributed by atoms with van der Waals surface area (Å²) in [6, 6.07) is 5.93. The molecule has 3 aromatic rings. The lowest BCUT2D eigenvalue weighted by Gasteiger charge is -2.32. The van der Waals surface area contributed by atoms with E-state index >= 15 is 0 Å². The molecule has 29 heavy (non-hydrogen) atoms. The lowest BCUT2D eigenvalue weighted by molar-refractivity contribution is -0.136. The largest absolute Gasteiger partial charge is 0.481 e. The highest BCUT2D eigenvalue weighted by molar-refractivity contribution is 5.80. The zero-order chi connectivity index (χ0) is 20.7. The molecule has 7 nitrogen and oxygen atoms in total. The molecule has 1 aliphatic carbocycles. The second-order valence-electron chi connectivity index (χ2n) is 7.81. The van der Waals surface area contributed by atoms with Crippen molar-refractivity contribution in [3.63, 3.8) is 0 Å². The third-order valence-corrected chi connectivity index (χ3v) is 6.11. The summed E-state index contributed by atoms with van der Waals surface area (Å²) < 4.78 is 7.27. The van der Waals surface area contributed by atoms with Crippen molar-refractivity contribution in [3.05, 3.63) is 58.2 Å². The molecule has 0 unspecified atom stereocenters. The standard InChI is InChI=1S/C22H25N3O4/c1-13-17(14(2)29-23-13)11-21(26)24(3)15-7-8-16-18(12-22(27)28)19-6-4-5-9-25(19)20(16)10-15/h4-6,9,15H,7-8,10-12H2,1-3H3,(H,27,28)/t15-/m1/s1. The van der Waals surface area contributed by atoms with Crippen molar-refractivity contribution in [2.75, 3.05) is 7.05 Å². The van der Waals surface area contributed by atoms with Crippen molar-refractivity contribution in [2.24, 2.45) is 0 Å². The number of likely N-dealkylation sites (N-methyl/N-ethyl adjacent to an activating group) is 1. The minimum Gasteiger partial charge on any atom is -0.481 e. The van der Waals surface area contributed by atoms with Crippen LogP contribution in [-0.2, 0) is 35.3 Å². The van der Waals surface area contributed by atoms with Crippen LogP contribution in [0.2, 0.25) is 0 Å². The quantitative estimate of drug-likeness (QED) is 0.718. The smallest absolute Gasteiger partial charge is 0.307 e. The Morgan fingerprint density at radius 1 is 1.28 bits per heavy atom. The Hall–Kier alpha value is -3.09. The van der Waals surface area contributed by atoms with Gasteiger partial charge >= 0.3 is 5.97 Å². The lowest BCUT2D eigenvalue weighted by atomic mass is 9.89. The fourth-order valence-electron chi connectivity index (χ4n) is 4.46. The number of aromatic nitrogens is 2. The van der Waals surface area contributed by atoms with E-state index in [1.54, 1.807) is 0 Å². The highest BCUT2D eigenvalue weighted by atomic mass is 16.5. The fourth-order valence-corrected chi connectivity index (χ4v) is 4.46. The fraction of sp³-hybridized carbons (Fsp3) is 0.409. The maximum absolute atomic E-state index is 12.9. The summed E-state index contributed by atoms with van der Waals surface area (Å²) in [6.45, 7) is 3.68. The van der Waals surface area contributed by atoms with Crippen LogP contribution in [-0.4, -0.2) is 44.5 Å². The first-order valence-corrected chi connectivity index (χ1v) is 9.85. The number of amides is 1. The highest BCUT2D eigenvalue weighted by Crippen LogP contribution is 2.32. The van der Waals surface area contributed by atoms with Gasteiger partial charge in [-0.2, -0.15) is 0 Å². The number of carboxylic acids is 1. The Morgan fingerprint density at radius 3 is 2.76 bits per heavy atom. The number of carbonyl (C=O) groups is 2. The third kappa shape index (κ3) is 3.41. The molecule has 3 aromatic heterocycles. The molecule has 0 aliphatic heterocycles. The Bertz CT molecular complexity index is 1080. The van der Waals surface area contributed by atoms with Crippen LogP contribution in [0.25, 0.3) is 5.52 Å². The van der Waals surface area contributed by atoms with Gasteiger partial charge in [-0.25, -0.2) is 0 Å². The molecule has 0 radical (unpaired) electrons. The summed E-state index contributed by atoms with van der Waals surface area (Å²) in [6.07, 6.45) is 4.58. The molecule has 7 heteroatoms. The number of carbonyl (C=O) groups excluding carboxylic acids is 1. The molecule has 4 rings (SSSR count). The monoisotopic (exact) mass is 395 g/mol. The first-order chi connectivity index (χ1) is 13.9. The number of hydrogen-bond acceptors (Lipinski definition) is 4. The molecule has 1 amide bonds. The first-order valence-electron chi connectivity index (χ1n) is 9.85. The first kappa shape index (κ1) is 19.2. The van der Waals surface area contributed by atoms with Crippen LogP contribution in [0.5, 0.6) is 0 Å². The van der Waals surface area contributed by atoms with E-state index in [4.69, 9.17) is 4.52 Å². The zero-order valence-corrected chi connectivity index (χ0v) is 16.9. The lowest BCUT2D eigenvalue weighted by Crippen LogP contribution is -2.41. The van der Waals surface area contributed by atoms with Gasteiger partial charge in [0.2, 0.25) is 5.91 Å². The van der Waals surface area contributed by atoms with E-state index in [1.165, 1.54) is 0 Å². The van der Waals surface area contributed by atoms with Gasteiger partial charge in [0.1, 0.15) is 5.76 Å². The van der Waals surface area contributed by atoms with Gasteiger partial charge in [0.15, 0.2) is 0 Å². The molecule has 152 valence electrons. The second-order valence-corrected chi connectivity index (χ2v) is 7.81. The molecule has 1 atom stereocenters. The van der Waals surface area contributed by atoms with Crippen LogP contribution in [0.4, 0.5) is 0 Å². The average Bonchev–Trinajstić information content (AvgIpc) is 3.19. The number of nitrogens with zero attached hydrogens (tertiary/aromatic N) is 3. The van der Waals surface area contributed by atoms with Gasteiger partial charge in [-0.15, -0.1) is 0 Å². The molecule has 1 aliphatic rings. The summed E-state index contributed by atoms with van der Waals surface area (Å²) in [4.78, 5) is 26.1. The molecule has 0 saturated heterocycles. The van der Waals surface area contributed by atoms with E-state index in [0.717, 1.165) is 46.4 Å². The number of rotatable bonds is 5. The van der Waals surface area contributed by atoms with Gasteiger partial charge in [0, 0.05) is 42.5 Å². The molecule has 0 aromatic carbocycles. The highest BCUT2D eigenvalue weighted by Gasteiger charge is 2.30. The number of aryl methyl sites for hydroxylation is 2. The summed E-state index contributed by atoms with van der Waals surface area (Å²) >= 11 is 0. The van der Waals surface area contributed by atoms with Gasteiger partial charge < -0.3 is 18.9 Å². The topological polar surface area (TPSA) is 88.0 Å². The Morgan fingerprint density at radius 2 is 2.07 bits per heavy atom. The van der Waals surface area contributed by atoms with Crippen LogP contribution >= 0.6 is 0 Å². The van der Waals surface area contributed by atoms with Crippen LogP contribution in [0, 0.1) is 13.8 Å². The van der Waals surface area contributed by atoms with Crippen molar-refractivity contribution in [1.29, 1.82) is 0 Å². The molecular formula is C22H25N3O4. The van der Waals surface area contributed by atoms with Crippen LogP contribution in [0.15, 0.2) is 28.9 Å². The predicted molar refractivity (Wildman–Crippen MR) is 107 cm³/mol. The average molecular weight is 395 g/mol. The molecular weight excluding hydrogens is 370 g/mol.